The normalized spacial score (nSPS) is 10.9. The van der Waals surface area contributed by atoms with Gasteiger partial charge in [0.15, 0.2) is 0 Å². The number of amides is 1. The minimum absolute atomic E-state index is 0.0513. The van der Waals surface area contributed by atoms with Crippen LogP contribution in [0, 0.1) is 3.57 Å². The van der Waals surface area contributed by atoms with E-state index >= 15 is 0 Å². The molecule has 102 valence electrons. The summed E-state index contributed by atoms with van der Waals surface area (Å²) < 4.78 is 3.16. The number of imidazole rings is 1. The van der Waals surface area contributed by atoms with Crippen LogP contribution in [0.2, 0.25) is 0 Å². The largest absolute Gasteiger partial charge is 0.356 e. The number of nitrogens with one attached hydrogen (secondary N) is 1. The molecule has 0 fully saturated rings. The van der Waals surface area contributed by atoms with E-state index in [1.165, 1.54) is 0 Å². The molecule has 0 atom stereocenters. The number of aromatic nitrogens is 2. The third-order valence-electron chi connectivity index (χ3n) is 2.85. The molecule has 1 heterocycles. The Hall–Kier alpha value is -0.820. The average Bonchev–Trinajstić information content (AvgIpc) is 2.73. The second-order valence-electron chi connectivity index (χ2n) is 4.15. The molecule has 0 unspecified atom stereocenters. The van der Waals surface area contributed by atoms with Crippen LogP contribution in [0.15, 0.2) is 18.2 Å². The van der Waals surface area contributed by atoms with Gasteiger partial charge in [0.1, 0.15) is 5.82 Å². The van der Waals surface area contributed by atoms with E-state index in [2.05, 4.69) is 32.9 Å². The first-order valence-corrected chi connectivity index (χ1v) is 7.74. The Kier molecular flexibility index (Phi) is 5.04. The molecule has 0 aliphatic rings. The van der Waals surface area contributed by atoms with Crippen molar-refractivity contribution in [2.75, 3.05) is 6.54 Å². The number of rotatable bonds is 5. The summed E-state index contributed by atoms with van der Waals surface area (Å²) in [5.41, 5.74) is 1.96. The van der Waals surface area contributed by atoms with E-state index in [4.69, 9.17) is 11.6 Å². The number of halogens is 2. The van der Waals surface area contributed by atoms with Gasteiger partial charge in [-0.1, -0.05) is 0 Å². The van der Waals surface area contributed by atoms with Gasteiger partial charge in [-0.25, -0.2) is 4.98 Å². The smallest absolute Gasteiger partial charge is 0.221 e. The van der Waals surface area contributed by atoms with Crippen molar-refractivity contribution in [1.29, 1.82) is 0 Å². The van der Waals surface area contributed by atoms with Crippen LogP contribution in [0.4, 0.5) is 0 Å². The fraction of sp³-hybridized carbons (Fsp3) is 0.385. The first kappa shape index (κ1) is 14.6. The zero-order valence-corrected chi connectivity index (χ0v) is 13.5. The monoisotopic (exact) mass is 391 g/mol. The van der Waals surface area contributed by atoms with Crippen LogP contribution < -0.4 is 5.32 Å². The maximum absolute atomic E-state index is 11.5. The van der Waals surface area contributed by atoms with Crippen LogP contribution in [0.25, 0.3) is 11.0 Å². The highest BCUT2D eigenvalue weighted by Gasteiger charge is 2.11. The van der Waals surface area contributed by atoms with Crippen molar-refractivity contribution in [1.82, 2.24) is 14.9 Å². The number of alkyl halides is 1. The number of carbonyl (C=O) groups is 1. The standard InChI is InChI=1S/C13H15ClIN3O/c1-2-16-13(19)5-6-18-11-4-3-9(15)7-10(11)17-12(18)8-14/h3-4,7H,2,5-6,8H2,1H3,(H,16,19). The van der Waals surface area contributed by atoms with Crippen molar-refractivity contribution in [3.63, 3.8) is 0 Å². The third kappa shape index (κ3) is 3.39. The molecule has 4 nitrogen and oxygen atoms in total. The molecule has 0 bridgehead atoms. The molecule has 0 spiro atoms. The molecule has 1 aromatic carbocycles. The highest BCUT2D eigenvalue weighted by Crippen LogP contribution is 2.20. The zero-order valence-electron chi connectivity index (χ0n) is 10.6. The lowest BCUT2D eigenvalue weighted by Gasteiger charge is -2.07. The molecule has 1 N–H and O–H groups in total. The molecular weight excluding hydrogens is 377 g/mol. The maximum Gasteiger partial charge on any atom is 0.221 e. The van der Waals surface area contributed by atoms with Crippen molar-refractivity contribution in [2.45, 2.75) is 25.8 Å². The average molecular weight is 392 g/mol. The fourth-order valence-electron chi connectivity index (χ4n) is 2.00. The fourth-order valence-corrected chi connectivity index (χ4v) is 2.68. The van der Waals surface area contributed by atoms with Crippen molar-refractivity contribution in [3.05, 3.63) is 27.6 Å². The Morgan fingerprint density at radius 3 is 3.00 bits per heavy atom. The Bertz CT molecular complexity index is 597. The number of fused-ring (bicyclic) bond motifs is 1. The van der Waals surface area contributed by atoms with E-state index in [-0.39, 0.29) is 5.91 Å². The minimum Gasteiger partial charge on any atom is -0.356 e. The van der Waals surface area contributed by atoms with Crippen LogP contribution in [-0.4, -0.2) is 22.0 Å². The van der Waals surface area contributed by atoms with E-state index < -0.39 is 0 Å². The van der Waals surface area contributed by atoms with Gasteiger partial charge in [0.2, 0.25) is 5.91 Å². The third-order valence-corrected chi connectivity index (χ3v) is 3.76. The molecule has 0 aliphatic heterocycles. The topological polar surface area (TPSA) is 46.9 Å². The molecule has 1 aromatic heterocycles. The summed E-state index contributed by atoms with van der Waals surface area (Å²) >= 11 is 8.19. The van der Waals surface area contributed by atoms with Crippen LogP contribution in [-0.2, 0) is 17.2 Å². The lowest BCUT2D eigenvalue weighted by molar-refractivity contribution is -0.121. The highest BCUT2D eigenvalue weighted by molar-refractivity contribution is 14.1. The molecule has 0 saturated carbocycles. The Labute approximate surface area is 130 Å². The molecule has 0 radical (unpaired) electrons. The lowest BCUT2D eigenvalue weighted by atomic mass is 10.3. The van der Waals surface area contributed by atoms with Gasteiger partial charge < -0.3 is 9.88 Å². The van der Waals surface area contributed by atoms with E-state index in [1.54, 1.807) is 0 Å². The lowest BCUT2D eigenvalue weighted by Crippen LogP contribution is -2.24. The predicted octanol–water partition coefficient (Wildman–Crippen LogP) is 2.91. The summed E-state index contributed by atoms with van der Waals surface area (Å²) in [6, 6.07) is 6.08. The van der Waals surface area contributed by atoms with Gasteiger partial charge in [-0.2, -0.15) is 0 Å². The Morgan fingerprint density at radius 1 is 1.53 bits per heavy atom. The summed E-state index contributed by atoms with van der Waals surface area (Å²) in [6.45, 7) is 3.17. The molecule has 0 saturated heterocycles. The van der Waals surface area contributed by atoms with Crippen molar-refractivity contribution < 1.29 is 4.79 Å². The highest BCUT2D eigenvalue weighted by atomic mass is 127. The van der Waals surface area contributed by atoms with Crippen LogP contribution in [0.3, 0.4) is 0 Å². The summed E-state index contributed by atoms with van der Waals surface area (Å²) in [7, 11) is 0. The first-order chi connectivity index (χ1) is 9.15. The number of carbonyl (C=O) groups excluding carboxylic acids is 1. The summed E-state index contributed by atoms with van der Waals surface area (Å²) in [5.74, 6) is 1.21. The molecule has 2 aromatic rings. The van der Waals surface area contributed by atoms with Gasteiger partial charge in [0, 0.05) is 23.1 Å². The molecular formula is C13H15ClIN3O. The molecule has 19 heavy (non-hydrogen) atoms. The molecule has 2 rings (SSSR count). The summed E-state index contributed by atoms with van der Waals surface area (Å²) in [4.78, 5) is 16.1. The quantitative estimate of drug-likeness (QED) is 0.629. The Balaban J connectivity index is 2.27. The minimum atomic E-state index is 0.0513. The van der Waals surface area contributed by atoms with Crippen LogP contribution >= 0.6 is 34.2 Å². The molecule has 0 aliphatic carbocycles. The van der Waals surface area contributed by atoms with Gasteiger partial charge in [0.25, 0.3) is 0 Å². The van der Waals surface area contributed by atoms with Crippen LogP contribution in [0.5, 0.6) is 0 Å². The number of hydrogen-bond acceptors (Lipinski definition) is 2. The predicted molar refractivity (Wildman–Crippen MR) is 85.3 cm³/mol. The first-order valence-electron chi connectivity index (χ1n) is 6.13. The van der Waals surface area contributed by atoms with Gasteiger partial charge in [0.05, 0.1) is 16.9 Å². The van der Waals surface area contributed by atoms with Gasteiger partial charge in [-0.05, 0) is 47.7 Å². The van der Waals surface area contributed by atoms with Gasteiger partial charge >= 0.3 is 0 Å². The summed E-state index contributed by atoms with van der Waals surface area (Å²) in [6.07, 6.45) is 0.440. The van der Waals surface area contributed by atoms with Crippen molar-refractivity contribution in [2.24, 2.45) is 0 Å². The molecule has 6 heteroatoms. The SMILES string of the molecule is CCNC(=O)CCn1c(CCl)nc2cc(I)ccc21. The second kappa shape index (κ2) is 6.56. The van der Waals surface area contributed by atoms with E-state index in [0.717, 1.165) is 20.4 Å². The Morgan fingerprint density at radius 2 is 2.32 bits per heavy atom. The van der Waals surface area contributed by atoms with Crippen molar-refractivity contribution >= 4 is 51.1 Å². The number of aryl methyl sites for hydroxylation is 1. The van der Waals surface area contributed by atoms with Crippen LogP contribution in [0.1, 0.15) is 19.2 Å². The van der Waals surface area contributed by atoms with E-state index in [9.17, 15) is 4.79 Å². The number of hydrogen-bond donors (Lipinski definition) is 1. The second-order valence-corrected chi connectivity index (χ2v) is 5.66. The van der Waals surface area contributed by atoms with Gasteiger partial charge in [-0.3, -0.25) is 4.79 Å². The van der Waals surface area contributed by atoms with E-state index in [1.807, 2.05) is 29.7 Å². The number of nitrogens with zero attached hydrogens (tertiary/aromatic N) is 2. The molecule has 1 amide bonds. The maximum atomic E-state index is 11.5. The van der Waals surface area contributed by atoms with E-state index in [0.29, 0.717) is 25.4 Å². The summed E-state index contributed by atoms with van der Waals surface area (Å²) in [5, 5.41) is 2.80. The zero-order chi connectivity index (χ0) is 13.8. The van der Waals surface area contributed by atoms with Crippen molar-refractivity contribution in [3.8, 4) is 0 Å². The van der Waals surface area contributed by atoms with Gasteiger partial charge in [-0.15, -0.1) is 11.6 Å². The number of benzene rings is 1.